The zero-order chi connectivity index (χ0) is 13.4. The van der Waals surface area contributed by atoms with E-state index >= 15 is 0 Å². The van der Waals surface area contributed by atoms with Crippen molar-refractivity contribution in [2.75, 3.05) is 11.5 Å². The summed E-state index contributed by atoms with van der Waals surface area (Å²) in [5.41, 5.74) is 12.3. The van der Waals surface area contributed by atoms with Gasteiger partial charge in [-0.25, -0.2) is 4.98 Å². The van der Waals surface area contributed by atoms with Crippen LogP contribution in [0.1, 0.15) is 0 Å². The first kappa shape index (κ1) is 13.9. The van der Waals surface area contributed by atoms with Gasteiger partial charge in [-0.05, 0) is 28.7 Å². The van der Waals surface area contributed by atoms with Crippen LogP contribution in [0.4, 0.5) is 11.8 Å². The normalized spacial score (nSPS) is 10.7. The summed E-state index contributed by atoms with van der Waals surface area (Å²) < 4.78 is 0.680. The maximum atomic E-state index is 6.18. The number of nitrogens with zero attached hydrogens (tertiary/aromatic N) is 2. The molecule has 4 nitrogen and oxygen atoms in total. The Morgan fingerprint density at radius 1 is 1.06 bits per heavy atom. The fraction of sp³-hybridized carbons (Fsp3) is 0. The molecule has 0 spiro atoms. The molecule has 8 heteroatoms. The van der Waals surface area contributed by atoms with Crippen LogP contribution in [0, 0.1) is 3.57 Å². The van der Waals surface area contributed by atoms with E-state index in [0.29, 0.717) is 29.8 Å². The second kappa shape index (κ2) is 5.24. The number of anilines is 2. The van der Waals surface area contributed by atoms with Crippen LogP contribution in [-0.4, -0.2) is 9.97 Å². The van der Waals surface area contributed by atoms with Crippen molar-refractivity contribution in [1.29, 1.82) is 0 Å². The minimum absolute atomic E-state index is 0.0927. The Balaban J connectivity index is 2.72. The number of nitrogens with two attached hydrogens (primary N) is 2. The van der Waals surface area contributed by atoms with Crippen LogP contribution in [0.15, 0.2) is 12.3 Å². The van der Waals surface area contributed by atoms with E-state index in [4.69, 9.17) is 46.3 Å². The second-order valence-corrected chi connectivity index (χ2v) is 5.62. The van der Waals surface area contributed by atoms with Crippen LogP contribution in [0.5, 0.6) is 0 Å². The summed E-state index contributed by atoms with van der Waals surface area (Å²) in [6, 6.07) is 1.67. The molecule has 4 N–H and O–H groups in total. The lowest BCUT2D eigenvalue weighted by atomic mass is 10.1. The predicted molar refractivity (Wildman–Crippen MR) is 84.0 cm³/mol. The summed E-state index contributed by atoms with van der Waals surface area (Å²) >= 11 is 20.4. The average Bonchev–Trinajstić information content (AvgIpc) is 2.32. The first-order valence-corrected chi connectivity index (χ1v) is 6.84. The second-order valence-electron chi connectivity index (χ2n) is 3.38. The third-order valence-electron chi connectivity index (χ3n) is 2.23. The van der Waals surface area contributed by atoms with Crippen LogP contribution in [0.3, 0.4) is 0 Å². The molecule has 0 saturated carbocycles. The predicted octanol–water partition coefficient (Wildman–Crippen LogP) is 3.87. The van der Waals surface area contributed by atoms with Gasteiger partial charge >= 0.3 is 0 Å². The molecule has 1 aromatic heterocycles. The van der Waals surface area contributed by atoms with Gasteiger partial charge in [0.1, 0.15) is 5.82 Å². The number of aromatic nitrogens is 2. The van der Waals surface area contributed by atoms with Gasteiger partial charge in [0.25, 0.3) is 0 Å². The van der Waals surface area contributed by atoms with E-state index in [9.17, 15) is 0 Å². The van der Waals surface area contributed by atoms with E-state index < -0.39 is 0 Å². The van der Waals surface area contributed by atoms with Crippen molar-refractivity contribution in [3.63, 3.8) is 0 Å². The largest absolute Gasteiger partial charge is 0.383 e. The lowest BCUT2D eigenvalue weighted by Gasteiger charge is -2.11. The molecule has 0 bridgehead atoms. The Morgan fingerprint density at radius 3 is 2.33 bits per heavy atom. The Labute approximate surface area is 132 Å². The minimum Gasteiger partial charge on any atom is -0.383 e. The van der Waals surface area contributed by atoms with Crippen molar-refractivity contribution >= 4 is 69.2 Å². The van der Waals surface area contributed by atoms with Crippen molar-refractivity contribution in [1.82, 2.24) is 9.97 Å². The third kappa shape index (κ3) is 2.45. The fourth-order valence-corrected chi connectivity index (χ4v) is 2.68. The summed E-state index contributed by atoms with van der Waals surface area (Å²) in [5, 5.41) is 1.21. The van der Waals surface area contributed by atoms with Crippen molar-refractivity contribution < 1.29 is 0 Å². The van der Waals surface area contributed by atoms with Crippen LogP contribution >= 0.6 is 57.4 Å². The van der Waals surface area contributed by atoms with Crippen LogP contribution < -0.4 is 11.5 Å². The molecule has 0 aliphatic heterocycles. The van der Waals surface area contributed by atoms with Gasteiger partial charge in [0, 0.05) is 17.3 Å². The number of rotatable bonds is 1. The van der Waals surface area contributed by atoms with Gasteiger partial charge in [0.15, 0.2) is 0 Å². The highest BCUT2D eigenvalue weighted by atomic mass is 127. The molecule has 1 heterocycles. The monoisotopic (exact) mass is 414 g/mol. The van der Waals surface area contributed by atoms with E-state index in [2.05, 4.69) is 9.97 Å². The number of hydrogen-bond donors (Lipinski definition) is 2. The fourth-order valence-electron chi connectivity index (χ4n) is 1.39. The Bertz CT molecular complexity index is 633. The average molecular weight is 415 g/mol. The molecular formula is C10H6Cl3IN4. The molecule has 2 rings (SSSR count). The Morgan fingerprint density at radius 2 is 1.72 bits per heavy atom. The highest BCUT2D eigenvalue weighted by Crippen LogP contribution is 2.41. The smallest absolute Gasteiger partial charge is 0.221 e. The van der Waals surface area contributed by atoms with Crippen molar-refractivity contribution in [3.8, 4) is 11.1 Å². The molecule has 0 saturated heterocycles. The van der Waals surface area contributed by atoms with Crippen LogP contribution in [0.2, 0.25) is 15.1 Å². The number of halogens is 4. The molecule has 1 aromatic carbocycles. The van der Waals surface area contributed by atoms with E-state index in [-0.39, 0.29) is 11.8 Å². The van der Waals surface area contributed by atoms with Gasteiger partial charge in [-0.3, -0.25) is 0 Å². The van der Waals surface area contributed by atoms with Gasteiger partial charge < -0.3 is 11.5 Å². The summed E-state index contributed by atoms with van der Waals surface area (Å²) in [7, 11) is 0. The van der Waals surface area contributed by atoms with Gasteiger partial charge in [-0.1, -0.05) is 34.8 Å². The Kier molecular flexibility index (Phi) is 4.05. The first-order valence-electron chi connectivity index (χ1n) is 4.63. The molecule has 2 aromatic rings. The quantitative estimate of drug-likeness (QED) is 0.421. The molecule has 0 fully saturated rings. The highest BCUT2D eigenvalue weighted by Gasteiger charge is 2.16. The molecule has 0 radical (unpaired) electrons. The van der Waals surface area contributed by atoms with Crippen molar-refractivity contribution in [2.24, 2.45) is 0 Å². The standard InChI is InChI=1S/C10H6Cl3IN4/c11-5-1-3(6(12)7(13)8(5)14)4-2-17-10(16)18-9(4)15/h1-2H,(H4,15,16,17,18). The summed E-state index contributed by atoms with van der Waals surface area (Å²) in [5.74, 6) is 0.313. The van der Waals surface area contributed by atoms with E-state index in [1.54, 1.807) is 6.07 Å². The molecular weight excluding hydrogens is 409 g/mol. The highest BCUT2D eigenvalue weighted by molar-refractivity contribution is 14.1. The van der Waals surface area contributed by atoms with Crippen LogP contribution in [0.25, 0.3) is 11.1 Å². The van der Waals surface area contributed by atoms with Gasteiger partial charge in [-0.15, -0.1) is 0 Å². The molecule has 0 atom stereocenters. The molecule has 94 valence electrons. The molecule has 0 aliphatic carbocycles. The molecule has 0 aliphatic rings. The van der Waals surface area contributed by atoms with Crippen molar-refractivity contribution in [2.45, 2.75) is 0 Å². The summed E-state index contributed by atoms with van der Waals surface area (Å²) in [4.78, 5) is 7.75. The SMILES string of the molecule is Nc1ncc(-c2cc(Cl)c(I)c(Cl)c2Cl)c(N)n1. The van der Waals surface area contributed by atoms with Gasteiger partial charge in [-0.2, -0.15) is 4.98 Å². The maximum Gasteiger partial charge on any atom is 0.221 e. The lowest BCUT2D eigenvalue weighted by Crippen LogP contribution is -2.01. The van der Waals surface area contributed by atoms with E-state index in [0.717, 1.165) is 0 Å². The van der Waals surface area contributed by atoms with Crippen molar-refractivity contribution in [3.05, 3.63) is 30.9 Å². The number of hydrogen-bond acceptors (Lipinski definition) is 4. The third-order valence-corrected chi connectivity index (χ3v) is 5.15. The first-order chi connectivity index (χ1) is 8.41. The van der Waals surface area contributed by atoms with Gasteiger partial charge in [0.05, 0.1) is 18.6 Å². The topological polar surface area (TPSA) is 77.8 Å². The molecule has 0 unspecified atom stereocenters. The minimum atomic E-state index is 0.0927. The maximum absolute atomic E-state index is 6.18. The number of benzene rings is 1. The van der Waals surface area contributed by atoms with E-state index in [1.807, 2.05) is 22.6 Å². The number of nitrogen functional groups attached to an aromatic ring is 2. The summed E-state index contributed by atoms with van der Waals surface area (Å²) in [6.07, 6.45) is 1.48. The zero-order valence-electron chi connectivity index (χ0n) is 8.72. The van der Waals surface area contributed by atoms with E-state index in [1.165, 1.54) is 6.20 Å². The molecule has 0 amide bonds. The summed E-state index contributed by atoms with van der Waals surface area (Å²) in [6.45, 7) is 0. The van der Waals surface area contributed by atoms with Crippen LogP contribution in [-0.2, 0) is 0 Å². The zero-order valence-corrected chi connectivity index (χ0v) is 13.1. The van der Waals surface area contributed by atoms with Gasteiger partial charge in [0.2, 0.25) is 5.95 Å². The lowest BCUT2D eigenvalue weighted by molar-refractivity contribution is 1.20. The molecule has 18 heavy (non-hydrogen) atoms. The Hall–Kier alpha value is -0.500.